The summed E-state index contributed by atoms with van der Waals surface area (Å²) in [7, 11) is 0. The second-order valence-electron chi connectivity index (χ2n) is 9.25. The first-order chi connectivity index (χ1) is 13.8. The Labute approximate surface area is 170 Å². The molecular formula is C19H26F6O5. The van der Waals surface area contributed by atoms with Crippen molar-refractivity contribution in [1.29, 1.82) is 0 Å². The van der Waals surface area contributed by atoms with Crippen LogP contribution in [0.3, 0.4) is 0 Å². The molecule has 5 fully saturated rings. The van der Waals surface area contributed by atoms with Crippen LogP contribution >= 0.6 is 0 Å². The third-order valence-corrected chi connectivity index (χ3v) is 7.20. The van der Waals surface area contributed by atoms with E-state index < -0.39 is 54.8 Å². The van der Waals surface area contributed by atoms with Crippen molar-refractivity contribution in [3.8, 4) is 0 Å². The third-order valence-electron chi connectivity index (χ3n) is 7.20. The van der Waals surface area contributed by atoms with Crippen LogP contribution in [0.25, 0.3) is 0 Å². The first-order valence-corrected chi connectivity index (χ1v) is 10.2. The van der Waals surface area contributed by atoms with Crippen LogP contribution in [0, 0.1) is 23.7 Å². The number of fused-ring (bicyclic) bond motifs is 2. The molecule has 4 aliphatic heterocycles. The lowest BCUT2D eigenvalue weighted by Gasteiger charge is -2.60. The minimum atomic E-state index is -5.69. The predicted octanol–water partition coefficient (Wildman–Crippen LogP) is 4.75. The van der Waals surface area contributed by atoms with E-state index in [4.69, 9.17) is 24.0 Å². The van der Waals surface area contributed by atoms with Gasteiger partial charge in [-0.2, -0.15) is 13.2 Å². The molecule has 5 rings (SSSR count). The maximum atomic E-state index is 13.8. The Kier molecular flexibility index (Phi) is 5.41. The van der Waals surface area contributed by atoms with Crippen molar-refractivity contribution in [2.24, 2.45) is 23.7 Å². The lowest BCUT2D eigenvalue weighted by Crippen LogP contribution is -2.70. The van der Waals surface area contributed by atoms with Crippen molar-refractivity contribution in [1.82, 2.24) is 0 Å². The van der Waals surface area contributed by atoms with Gasteiger partial charge in [-0.25, -0.2) is 22.9 Å². The molecular weight excluding hydrogens is 422 g/mol. The highest BCUT2D eigenvalue weighted by Gasteiger charge is 2.69. The molecule has 4 heterocycles. The maximum Gasteiger partial charge on any atom is 0.425 e. The van der Waals surface area contributed by atoms with Gasteiger partial charge >= 0.3 is 12.1 Å². The molecule has 5 aliphatic rings. The second kappa shape index (κ2) is 7.19. The van der Waals surface area contributed by atoms with E-state index in [1.54, 1.807) is 13.8 Å². The Morgan fingerprint density at radius 2 is 1.73 bits per heavy atom. The van der Waals surface area contributed by atoms with E-state index in [1.807, 2.05) is 0 Å². The molecule has 30 heavy (non-hydrogen) atoms. The van der Waals surface area contributed by atoms with Crippen molar-refractivity contribution >= 4 is 0 Å². The number of halogens is 6. The van der Waals surface area contributed by atoms with Crippen molar-refractivity contribution in [3.05, 3.63) is 0 Å². The molecule has 1 saturated carbocycles. The van der Waals surface area contributed by atoms with E-state index in [0.29, 0.717) is 12.8 Å². The molecule has 5 nitrogen and oxygen atoms in total. The van der Waals surface area contributed by atoms with Crippen LogP contribution in [0.5, 0.6) is 0 Å². The Morgan fingerprint density at radius 1 is 1.03 bits per heavy atom. The fourth-order valence-electron chi connectivity index (χ4n) is 5.57. The molecule has 11 heteroatoms. The Balaban J connectivity index is 1.56. The van der Waals surface area contributed by atoms with Gasteiger partial charge < -0.3 is 14.2 Å². The maximum absolute atomic E-state index is 13.8. The lowest BCUT2D eigenvalue weighted by atomic mass is 9.58. The summed E-state index contributed by atoms with van der Waals surface area (Å²) in [6.07, 6.45) is -9.47. The van der Waals surface area contributed by atoms with Crippen LogP contribution in [0.1, 0.15) is 46.5 Å². The normalized spacial score (nSPS) is 47.5. The van der Waals surface area contributed by atoms with E-state index in [-0.39, 0.29) is 17.8 Å². The number of alkyl halides is 6. The molecule has 0 aromatic heterocycles. The highest BCUT2D eigenvalue weighted by atomic mass is 19.4. The molecule has 0 N–H and O–H groups in total. The molecule has 1 aliphatic carbocycles. The van der Waals surface area contributed by atoms with Crippen LogP contribution in [0.2, 0.25) is 0 Å². The van der Waals surface area contributed by atoms with E-state index in [1.165, 1.54) is 0 Å². The van der Waals surface area contributed by atoms with Gasteiger partial charge in [0.25, 0.3) is 6.17 Å². The molecule has 1 spiro atoms. The Morgan fingerprint density at radius 3 is 2.40 bits per heavy atom. The zero-order valence-corrected chi connectivity index (χ0v) is 16.9. The van der Waals surface area contributed by atoms with Gasteiger partial charge in [0.05, 0.1) is 0 Å². The Hall–Kier alpha value is -0.620. The van der Waals surface area contributed by atoms with E-state index >= 15 is 0 Å². The van der Waals surface area contributed by atoms with Crippen LogP contribution in [0.4, 0.5) is 26.3 Å². The summed E-state index contributed by atoms with van der Waals surface area (Å²) in [6, 6.07) is 0. The van der Waals surface area contributed by atoms with Crippen LogP contribution in [-0.2, 0) is 24.0 Å². The van der Waals surface area contributed by atoms with Gasteiger partial charge in [0.15, 0.2) is 18.2 Å². The van der Waals surface area contributed by atoms with Gasteiger partial charge in [-0.15, -0.1) is 0 Å². The topological polar surface area (TPSA) is 46.2 Å². The highest BCUT2D eigenvalue weighted by molar-refractivity contribution is 5.09. The second-order valence-corrected chi connectivity index (χ2v) is 9.25. The van der Waals surface area contributed by atoms with Crippen LogP contribution in [-0.4, -0.2) is 48.8 Å². The van der Waals surface area contributed by atoms with Gasteiger partial charge in [-0.05, 0) is 38.0 Å². The van der Waals surface area contributed by atoms with Gasteiger partial charge in [0.2, 0.25) is 5.79 Å². The molecule has 0 amide bonds. The van der Waals surface area contributed by atoms with Crippen LogP contribution in [0.15, 0.2) is 0 Å². The minimum Gasteiger partial charge on any atom is -0.346 e. The monoisotopic (exact) mass is 448 g/mol. The summed E-state index contributed by atoms with van der Waals surface area (Å²) < 4.78 is 94.8. The van der Waals surface area contributed by atoms with Crippen molar-refractivity contribution in [2.75, 3.05) is 6.61 Å². The summed E-state index contributed by atoms with van der Waals surface area (Å²) in [5, 5.41) is 0. The van der Waals surface area contributed by atoms with Gasteiger partial charge in [-0.3, -0.25) is 0 Å². The van der Waals surface area contributed by atoms with Crippen molar-refractivity contribution < 1.29 is 50.3 Å². The van der Waals surface area contributed by atoms with Crippen LogP contribution < -0.4 is 0 Å². The fraction of sp³-hybridized carbons (Fsp3) is 1.00. The summed E-state index contributed by atoms with van der Waals surface area (Å²) >= 11 is 0. The predicted molar refractivity (Wildman–Crippen MR) is 88.7 cm³/mol. The molecule has 2 bridgehead atoms. The largest absolute Gasteiger partial charge is 0.425 e. The Bertz CT molecular complexity index is 662. The molecule has 174 valence electrons. The number of hydrogen-bond donors (Lipinski definition) is 0. The number of rotatable bonds is 4. The van der Waals surface area contributed by atoms with Crippen molar-refractivity contribution in [2.45, 2.75) is 88.7 Å². The van der Waals surface area contributed by atoms with Crippen molar-refractivity contribution in [3.63, 3.8) is 0 Å². The van der Waals surface area contributed by atoms with Gasteiger partial charge in [0, 0.05) is 18.3 Å². The third kappa shape index (κ3) is 3.44. The minimum absolute atomic E-state index is 0.0378. The summed E-state index contributed by atoms with van der Waals surface area (Å²) in [5.41, 5.74) is -0.954. The molecule has 0 aromatic carbocycles. The van der Waals surface area contributed by atoms with E-state index in [0.717, 1.165) is 12.8 Å². The smallest absolute Gasteiger partial charge is 0.346 e. The molecule has 0 aromatic rings. The molecule has 9 atom stereocenters. The highest BCUT2D eigenvalue weighted by Crippen LogP contribution is 2.60. The van der Waals surface area contributed by atoms with E-state index in [2.05, 4.69) is 6.92 Å². The zero-order chi connectivity index (χ0) is 22.1. The average Bonchev–Trinajstić information content (AvgIpc) is 2.88. The summed E-state index contributed by atoms with van der Waals surface area (Å²) in [4.78, 5) is 11.5. The van der Waals surface area contributed by atoms with Gasteiger partial charge in [-0.1, -0.05) is 13.8 Å². The average molecular weight is 448 g/mol. The molecule has 4 saturated heterocycles. The first-order valence-electron chi connectivity index (χ1n) is 10.2. The van der Waals surface area contributed by atoms with Gasteiger partial charge in [0.1, 0.15) is 6.61 Å². The zero-order valence-electron chi connectivity index (χ0n) is 16.9. The summed E-state index contributed by atoms with van der Waals surface area (Å²) in [5.74, 6) is -6.26. The standard InChI is InChI=1S/C19H26F6O5/c1-9-4-5-12-10(2)13(26-8-17(21,22)14(20)19(23,24)25)27-15-18(12)11(9)6-7-16(3,28-15)29-30-18/h9-15H,4-8H2,1-3H3/t9-,10-,11+,12+,13+,14?,15-,16-,18-/m1/s1. The first kappa shape index (κ1) is 22.6. The SMILES string of the molecule is C[C@H]1[C@@H](OCC(F)(F)C(F)C(F)(F)F)O[C@@H]2O[C@@]3(C)CC[C@H]4[C@H](C)CC[C@@H]1[C@@]24OO3. The van der Waals surface area contributed by atoms with E-state index in [9.17, 15) is 26.3 Å². The fourth-order valence-corrected chi connectivity index (χ4v) is 5.57. The lowest BCUT2D eigenvalue weighted by molar-refractivity contribution is -0.577. The number of ether oxygens (including phenoxy) is 3. The summed E-state index contributed by atoms with van der Waals surface area (Å²) in [6.45, 7) is 3.72. The number of hydrogen-bond acceptors (Lipinski definition) is 5. The molecule has 1 unspecified atom stereocenters. The quantitative estimate of drug-likeness (QED) is 0.459. The molecule has 0 radical (unpaired) electrons.